The van der Waals surface area contributed by atoms with Gasteiger partial charge in [-0.15, -0.1) is 0 Å². The Morgan fingerprint density at radius 1 is 1.32 bits per heavy atom. The highest BCUT2D eigenvalue weighted by Gasteiger charge is 2.31. The second-order valence-corrected chi connectivity index (χ2v) is 6.19. The Morgan fingerprint density at radius 3 is 2.96 bits per heavy atom. The number of hydrogen-bond donors (Lipinski definition) is 1. The number of aryl methyl sites for hydroxylation is 1. The van der Waals surface area contributed by atoms with Gasteiger partial charge in [-0.25, -0.2) is 9.97 Å². The van der Waals surface area contributed by atoms with E-state index in [0.717, 1.165) is 41.8 Å². The van der Waals surface area contributed by atoms with E-state index in [9.17, 15) is 4.79 Å². The van der Waals surface area contributed by atoms with Crippen molar-refractivity contribution >= 4 is 16.8 Å². The summed E-state index contributed by atoms with van der Waals surface area (Å²) in [6.45, 7) is 3.46. The van der Waals surface area contributed by atoms with Crippen LogP contribution < -0.4 is 5.73 Å². The summed E-state index contributed by atoms with van der Waals surface area (Å²) in [6.07, 6.45) is 1.89. The molecule has 4 rings (SSSR count). The molecule has 2 aromatic heterocycles. The van der Waals surface area contributed by atoms with Gasteiger partial charge in [0.2, 0.25) is 5.89 Å². The molecule has 1 saturated heterocycles. The minimum Gasteiger partial charge on any atom is -0.363 e. The molecule has 8 nitrogen and oxygen atoms in total. The lowest BCUT2D eigenvalue weighted by atomic mass is 10.2. The number of carbonyl (C=O) groups is 1. The largest absolute Gasteiger partial charge is 0.363 e. The van der Waals surface area contributed by atoms with Crippen molar-refractivity contribution in [2.75, 3.05) is 6.54 Å². The number of benzene rings is 1. The second-order valence-electron chi connectivity index (χ2n) is 6.19. The van der Waals surface area contributed by atoms with E-state index >= 15 is 0 Å². The van der Waals surface area contributed by atoms with E-state index in [-0.39, 0.29) is 11.9 Å². The summed E-state index contributed by atoms with van der Waals surface area (Å²) >= 11 is 0. The Bertz CT molecular complexity index is 938. The molecule has 8 heteroatoms. The molecule has 3 heterocycles. The van der Waals surface area contributed by atoms with Gasteiger partial charge in [0.25, 0.3) is 11.7 Å². The minimum absolute atomic E-state index is 0.0454. The van der Waals surface area contributed by atoms with E-state index in [2.05, 4.69) is 25.0 Å². The number of fused-ring (bicyclic) bond motifs is 1. The zero-order valence-corrected chi connectivity index (χ0v) is 13.8. The molecule has 0 radical (unpaired) electrons. The van der Waals surface area contributed by atoms with Crippen LogP contribution in [0.15, 0.2) is 28.8 Å². The first-order chi connectivity index (χ1) is 12.1. The molecule has 1 atom stereocenters. The number of primary amides is 1. The van der Waals surface area contributed by atoms with Gasteiger partial charge in [-0.1, -0.05) is 23.4 Å². The Kier molecular flexibility index (Phi) is 3.89. The van der Waals surface area contributed by atoms with E-state index in [1.54, 1.807) is 0 Å². The number of hydrogen-bond acceptors (Lipinski definition) is 7. The molecule has 0 aliphatic carbocycles. The van der Waals surface area contributed by atoms with Gasteiger partial charge in [0, 0.05) is 11.1 Å². The summed E-state index contributed by atoms with van der Waals surface area (Å²) in [5.74, 6) is 0.411. The summed E-state index contributed by atoms with van der Waals surface area (Å²) in [4.78, 5) is 26.8. The summed E-state index contributed by atoms with van der Waals surface area (Å²) in [5.41, 5.74) is 7.10. The molecule has 0 spiro atoms. The van der Waals surface area contributed by atoms with Crippen LogP contribution in [-0.4, -0.2) is 37.5 Å². The lowest BCUT2D eigenvalue weighted by Crippen LogP contribution is -2.24. The molecule has 1 fully saturated rings. The number of nitrogens with zero attached hydrogens (tertiary/aromatic N) is 5. The Balaban J connectivity index is 1.59. The Morgan fingerprint density at radius 2 is 2.16 bits per heavy atom. The first-order valence-corrected chi connectivity index (χ1v) is 8.21. The highest BCUT2D eigenvalue weighted by Crippen LogP contribution is 2.32. The molecule has 1 aliphatic rings. The first kappa shape index (κ1) is 15.6. The van der Waals surface area contributed by atoms with Crippen LogP contribution in [-0.2, 0) is 6.54 Å². The lowest BCUT2D eigenvalue weighted by molar-refractivity contribution is 0.0987. The molecular weight excluding hydrogens is 320 g/mol. The van der Waals surface area contributed by atoms with Crippen molar-refractivity contribution in [1.29, 1.82) is 0 Å². The van der Waals surface area contributed by atoms with Crippen molar-refractivity contribution < 1.29 is 9.32 Å². The molecule has 0 saturated carbocycles. The fourth-order valence-electron chi connectivity index (χ4n) is 3.31. The van der Waals surface area contributed by atoms with E-state index in [4.69, 9.17) is 10.3 Å². The van der Waals surface area contributed by atoms with E-state index in [1.807, 2.05) is 31.2 Å². The van der Waals surface area contributed by atoms with Crippen molar-refractivity contribution in [2.24, 2.45) is 5.73 Å². The van der Waals surface area contributed by atoms with Crippen LogP contribution in [0.25, 0.3) is 10.9 Å². The van der Waals surface area contributed by atoms with Gasteiger partial charge in [0.1, 0.15) is 5.82 Å². The molecule has 1 amide bonds. The van der Waals surface area contributed by atoms with Gasteiger partial charge in [-0.2, -0.15) is 4.98 Å². The van der Waals surface area contributed by atoms with Crippen molar-refractivity contribution in [3.05, 3.63) is 47.5 Å². The number of likely N-dealkylation sites (tertiary alicyclic amines) is 1. The average molecular weight is 338 g/mol. The third kappa shape index (κ3) is 2.96. The van der Waals surface area contributed by atoms with Crippen molar-refractivity contribution in [2.45, 2.75) is 32.4 Å². The van der Waals surface area contributed by atoms with Gasteiger partial charge >= 0.3 is 0 Å². The quantitative estimate of drug-likeness (QED) is 0.771. The third-order valence-corrected chi connectivity index (χ3v) is 4.50. The van der Waals surface area contributed by atoms with Crippen LogP contribution in [0, 0.1) is 6.92 Å². The minimum atomic E-state index is -0.687. The highest BCUT2D eigenvalue weighted by atomic mass is 16.5. The van der Waals surface area contributed by atoms with Gasteiger partial charge < -0.3 is 10.3 Å². The van der Waals surface area contributed by atoms with Crippen LogP contribution in [0.5, 0.6) is 0 Å². The predicted molar refractivity (Wildman–Crippen MR) is 89.5 cm³/mol. The van der Waals surface area contributed by atoms with Gasteiger partial charge in [-0.3, -0.25) is 9.69 Å². The number of amides is 1. The van der Waals surface area contributed by atoms with Crippen molar-refractivity contribution in [3.63, 3.8) is 0 Å². The monoisotopic (exact) mass is 338 g/mol. The van der Waals surface area contributed by atoms with E-state index in [0.29, 0.717) is 12.4 Å². The molecular formula is C17H18N6O2. The summed E-state index contributed by atoms with van der Waals surface area (Å²) in [7, 11) is 0. The molecule has 2 N–H and O–H groups in total. The van der Waals surface area contributed by atoms with E-state index < -0.39 is 5.91 Å². The number of aromatic nitrogens is 4. The maximum absolute atomic E-state index is 11.2. The van der Waals surface area contributed by atoms with Crippen LogP contribution in [0.2, 0.25) is 0 Å². The summed E-state index contributed by atoms with van der Waals surface area (Å²) in [5, 5.41) is 4.70. The van der Waals surface area contributed by atoms with Crippen LogP contribution in [0.1, 0.15) is 46.9 Å². The molecule has 1 aliphatic heterocycles. The maximum atomic E-state index is 11.2. The predicted octanol–water partition coefficient (Wildman–Crippen LogP) is 1.76. The maximum Gasteiger partial charge on any atom is 0.290 e. The van der Waals surface area contributed by atoms with Gasteiger partial charge in [0.15, 0.2) is 0 Å². The zero-order chi connectivity index (χ0) is 17.4. The molecule has 3 aromatic rings. The Labute approximate surface area is 144 Å². The first-order valence-electron chi connectivity index (χ1n) is 8.21. The lowest BCUT2D eigenvalue weighted by Gasteiger charge is -2.20. The standard InChI is InChI=1S/C17H18N6O2/c1-10-11-5-2-3-6-12(11)20-14(19-10)9-23-8-4-7-13(23)17-21-16(15(18)24)22-25-17/h2-3,5-6,13H,4,7-9H2,1H3,(H2,18,24). The molecule has 1 unspecified atom stereocenters. The summed E-state index contributed by atoms with van der Waals surface area (Å²) < 4.78 is 5.23. The van der Waals surface area contributed by atoms with Crippen LogP contribution in [0.4, 0.5) is 0 Å². The molecule has 25 heavy (non-hydrogen) atoms. The summed E-state index contributed by atoms with van der Waals surface area (Å²) in [6, 6.07) is 7.93. The second kappa shape index (κ2) is 6.21. The fourth-order valence-corrected chi connectivity index (χ4v) is 3.31. The van der Waals surface area contributed by atoms with Crippen LogP contribution in [0.3, 0.4) is 0 Å². The van der Waals surface area contributed by atoms with Crippen LogP contribution >= 0.6 is 0 Å². The van der Waals surface area contributed by atoms with Crippen molar-refractivity contribution in [1.82, 2.24) is 25.0 Å². The zero-order valence-electron chi connectivity index (χ0n) is 13.8. The number of rotatable bonds is 4. The normalized spacial score (nSPS) is 18.0. The smallest absolute Gasteiger partial charge is 0.290 e. The number of para-hydroxylation sites is 1. The topological polar surface area (TPSA) is 111 Å². The fraction of sp³-hybridized carbons (Fsp3) is 0.353. The molecule has 1 aromatic carbocycles. The average Bonchev–Trinajstić information content (AvgIpc) is 3.24. The highest BCUT2D eigenvalue weighted by molar-refractivity contribution is 5.88. The SMILES string of the molecule is Cc1nc(CN2CCCC2c2nc(C(N)=O)no2)nc2ccccc12. The molecule has 0 bridgehead atoms. The Hall–Kier alpha value is -2.87. The molecule has 128 valence electrons. The van der Waals surface area contributed by atoms with Gasteiger partial charge in [-0.05, 0) is 32.4 Å². The van der Waals surface area contributed by atoms with Gasteiger partial charge in [0.05, 0.1) is 18.1 Å². The number of nitrogens with two attached hydrogens (primary N) is 1. The van der Waals surface area contributed by atoms with E-state index in [1.165, 1.54) is 0 Å². The number of carbonyl (C=O) groups excluding carboxylic acids is 1. The third-order valence-electron chi connectivity index (χ3n) is 4.50. The van der Waals surface area contributed by atoms with Crippen molar-refractivity contribution in [3.8, 4) is 0 Å².